The first-order valence-electron chi connectivity index (χ1n) is 7.04. The van der Waals surface area contributed by atoms with Crippen molar-refractivity contribution < 1.29 is 13.6 Å². The molecule has 1 aliphatic heterocycles. The number of anilines is 1. The standard InChI is InChI=1S/C15H19BrF2N2O/c1-8-4-5-9(2)20(8)10(3)15(21)19-14-7-12(17)11(16)6-13(14)18/h6-10H,4-5H2,1-3H3,(H,19,21). The van der Waals surface area contributed by atoms with Gasteiger partial charge in [0.15, 0.2) is 0 Å². The van der Waals surface area contributed by atoms with Crippen LogP contribution in [0.25, 0.3) is 0 Å². The van der Waals surface area contributed by atoms with E-state index in [2.05, 4.69) is 40.0 Å². The lowest BCUT2D eigenvalue weighted by atomic mass is 10.2. The van der Waals surface area contributed by atoms with Crippen LogP contribution in [0.15, 0.2) is 16.6 Å². The monoisotopic (exact) mass is 360 g/mol. The minimum absolute atomic E-state index is 0.0350. The fourth-order valence-electron chi connectivity index (χ4n) is 2.97. The highest BCUT2D eigenvalue weighted by Gasteiger charge is 2.34. The molecule has 116 valence electrons. The lowest BCUT2D eigenvalue weighted by Crippen LogP contribution is -2.47. The minimum atomic E-state index is -0.661. The first kappa shape index (κ1) is 16.4. The van der Waals surface area contributed by atoms with Crippen molar-refractivity contribution in [3.63, 3.8) is 0 Å². The minimum Gasteiger partial charge on any atom is -0.322 e. The molecule has 1 aromatic rings. The van der Waals surface area contributed by atoms with Gasteiger partial charge in [-0.15, -0.1) is 0 Å². The molecule has 6 heteroatoms. The Morgan fingerprint density at radius 2 is 1.86 bits per heavy atom. The summed E-state index contributed by atoms with van der Waals surface area (Å²) in [6, 6.07) is 2.24. The van der Waals surface area contributed by atoms with Crippen molar-refractivity contribution in [1.82, 2.24) is 4.90 Å². The van der Waals surface area contributed by atoms with Gasteiger partial charge >= 0.3 is 0 Å². The Morgan fingerprint density at radius 3 is 2.43 bits per heavy atom. The average molecular weight is 361 g/mol. The van der Waals surface area contributed by atoms with Crippen LogP contribution in [-0.4, -0.2) is 28.9 Å². The van der Waals surface area contributed by atoms with Crippen LogP contribution in [-0.2, 0) is 4.79 Å². The first-order chi connectivity index (χ1) is 9.81. The normalized spacial score (nSPS) is 24.1. The SMILES string of the molecule is CC1CCC(C)N1C(C)C(=O)Nc1cc(F)c(Br)cc1F. The molecule has 21 heavy (non-hydrogen) atoms. The Morgan fingerprint density at radius 1 is 1.29 bits per heavy atom. The van der Waals surface area contributed by atoms with Gasteiger partial charge in [0.25, 0.3) is 0 Å². The van der Waals surface area contributed by atoms with Gasteiger partial charge in [0.05, 0.1) is 16.2 Å². The number of halogens is 3. The van der Waals surface area contributed by atoms with Gasteiger partial charge in [-0.05, 0) is 55.6 Å². The van der Waals surface area contributed by atoms with Gasteiger partial charge in [-0.1, -0.05) is 0 Å². The van der Waals surface area contributed by atoms with E-state index >= 15 is 0 Å². The molecule has 0 aromatic heterocycles. The van der Waals surface area contributed by atoms with Gasteiger partial charge in [-0.25, -0.2) is 8.78 Å². The van der Waals surface area contributed by atoms with Crippen LogP contribution in [0.5, 0.6) is 0 Å². The summed E-state index contributed by atoms with van der Waals surface area (Å²) in [5, 5.41) is 2.48. The molecule has 1 amide bonds. The number of nitrogens with zero attached hydrogens (tertiary/aromatic N) is 1. The van der Waals surface area contributed by atoms with Crippen molar-refractivity contribution in [2.45, 2.75) is 51.7 Å². The van der Waals surface area contributed by atoms with Gasteiger partial charge in [0.2, 0.25) is 5.91 Å². The first-order valence-corrected chi connectivity index (χ1v) is 7.83. The number of benzene rings is 1. The van der Waals surface area contributed by atoms with Gasteiger partial charge in [0.1, 0.15) is 11.6 Å². The zero-order valence-corrected chi connectivity index (χ0v) is 13.9. The van der Waals surface area contributed by atoms with Gasteiger partial charge in [-0.3, -0.25) is 9.69 Å². The second-order valence-corrected chi connectivity index (χ2v) is 6.49. The second-order valence-electron chi connectivity index (χ2n) is 5.63. The Hall–Kier alpha value is -1.01. The van der Waals surface area contributed by atoms with Crippen molar-refractivity contribution in [3.8, 4) is 0 Å². The molecule has 0 aliphatic carbocycles. The van der Waals surface area contributed by atoms with E-state index in [-0.39, 0.29) is 22.1 Å². The van der Waals surface area contributed by atoms with E-state index in [9.17, 15) is 13.6 Å². The molecule has 0 radical (unpaired) electrons. The topological polar surface area (TPSA) is 32.3 Å². The van der Waals surface area contributed by atoms with E-state index in [1.54, 1.807) is 6.92 Å². The summed E-state index contributed by atoms with van der Waals surface area (Å²) in [7, 11) is 0. The number of hydrogen-bond donors (Lipinski definition) is 1. The molecule has 2 rings (SSSR count). The van der Waals surface area contributed by atoms with Crippen LogP contribution >= 0.6 is 15.9 Å². The molecule has 1 N–H and O–H groups in total. The summed E-state index contributed by atoms with van der Waals surface area (Å²) in [4.78, 5) is 14.4. The molecule has 1 saturated heterocycles. The number of nitrogens with one attached hydrogen (secondary N) is 1. The van der Waals surface area contributed by atoms with Gasteiger partial charge in [-0.2, -0.15) is 0 Å². The lowest BCUT2D eigenvalue weighted by molar-refractivity contribution is -0.121. The predicted molar refractivity (Wildman–Crippen MR) is 82.1 cm³/mol. The molecule has 3 nitrogen and oxygen atoms in total. The van der Waals surface area contributed by atoms with E-state index in [1.807, 2.05) is 0 Å². The number of rotatable bonds is 3. The molecular formula is C15H19BrF2N2O. The molecule has 0 bridgehead atoms. The highest BCUT2D eigenvalue weighted by Crippen LogP contribution is 2.27. The molecule has 3 unspecified atom stereocenters. The predicted octanol–water partition coefficient (Wildman–Crippen LogP) is 3.93. The van der Waals surface area contributed by atoms with E-state index in [0.717, 1.165) is 25.0 Å². The van der Waals surface area contributed by atoms with Crippen molar-refractivity contribution in [3.05, 3.63) is 28.2 Å². The summed E-state index contributed by atoms with van der Waals surface area (Å²) in [6.45, 7) is 5.95. The molecule has 1 aliphatic rings. The van der Waals surface area contributed by atoms with Crippen LogP contribution in [0.2, 0.25) is 0 Å². The molecular weight excluding hydrogens is 342 g/mol. The van der Waals surface area contributed by atoms with Gasteiger partial charge < -0.3 is 5.32 Å². The maximum absolute atomic E-state index is 13.8. The van der Waals surface area contributed by atoms with E-state index < -0.39 is 11.6 Å². The second kappa shape index (κ2) is 6.40. The van der Waals surface area contributed by atoms with E-state index in [0.29, 0.717) is 12.1 Å². The highest BCUT2D eigenvalue weighted by atomic mass is 79.9. The van der Waals surface area contributed by atoms with Crippen LogP contribution in [0, 0.1) is 11.6 Å². The number of carbonyl (C=O) groups excluding carboxylic acids is 1. The van der Waals surface area contributed by atoms with Crippen LogP contribution in [0.1, 0.15) is 33.6 Å². The van der Waals surface area contributed by atoms with Crippen molar-refractivity contribution in [1.29, 1.82) is 0 Å². The Balaban J connectivity index is 2.13. The zero-order chi connectivity index (χ0) is 15.7. The lowest BCUT2D eigenvalue weighted by Gasteiger charge is -2.31. The number of hydrogen-bond acceptors (Lipinski definition) is 2. The third-order valence-electron chi connectivity index (χ3n) is 4.11. The Kier molecular flexibility index (Phi) is 4.99. The number of carbonyl (C=O) groups is 1. The quantitative estimate of drug-likeness (QED) is 0.828. The third kappa shape index (κ3) is 3.43. The maximum atomic E-state index is 13.8. The van der Waals surface area contributed by atoms with Gasteiger partial charge in [0, 0.05) is 18.2 Å². The summed E-state index contributed by atoms with van der Waals surface area (Å²) >= 11 is 2.91. The van der Waals surface area contributed by atoms with Crippen LogP contribution in [0.4, 0.5) is 14.5 Å². The van der Waals surface area contributed by atoms with Crippen LogP contribution in [0.3, 0.4) is 0 Å². The number of likely N-dealkylation sites (tertiary alicyclic amines) is 1. The van der Waals surface area contributed by atoms with E-state index in [4.69, 9.17) is 0 Å². The van der Waals surface area contributed by atoms with Crippen LogP contribution < -0.4 is 5.32 Å². The largest absolute Gasteiger partial charge is 0.322 e. The Labute approximate surface area is 131 Å². The van der Waals surface area contributed by atoms with Crippen molar-refractivity contribution >= 4 is 27.5 Å². The molecule has 0 spiro atoms. The smallest absolute Gasteiger partial charge is 0.241 e. The van der Waals surface area contributed by atoms with Crippen molar-refractivity contribution in [2.24, 2.45) is 0 Å². The molecule has 0 saturated carbocycles. The van der Waals surface area contributed by atoms with E-state index in [1.165, 1.54) is 0 Å². The highest BCUT2D eigenvalue weighted by molar-refractivity contribution is 9.10. The van der Waals surface area contributed by atoms with Crippen molar-refractivity contribution in [2.75, 3.05) is 5.32 Å². The summed E-state index contributed by atoms with van der Waals surface area (Å²) < 4.78 is 27.3. The fourth-order valence-corrected chi connectivity index (χ4v) is 3.28. The third-order valence-corrected chi connectivity index (χ3v) is 4.72. The molecule has 1 heterocycles. The number of amides is 1. The summed E-state index contributed by atoms with van der Waals surface area (Å²) in [5.74, 6) is -1.59. The Bertz CT molecular complexity index is 543. The maximum Gasteiger partial charge on any atom is 0.241 e. The molecule has 1 fully saturated rings. The molecule has 3 atom stereocenters. The summed E-state index contributed by atoms with van der Waals surface area (Å²) in [6.07, 6.45) is 2.08. The summed E-state index contributed by atoms with van der Waals surface area (Å²) in [5.41, 5.74) is -0.132. The fraction of sp³-hybridized carbons (Fsp3) is 0.533. The molecule has 1 aromatic carbocycles. The average Bonchev–Trinajstić information content (AvgIpc) is 2.74. The zero-order valence-electron chi connectivity index (χ0n) is 12.3.